The quantitative estimate of drug-likeness (QED) is 0.556. The smallest absolute Gasteiger partial charge is 0.232 e. The molecule has 152 valence electrons. The summed E-state index contributed by atoms with van der Waals surface area (Å²) in [5.74, 6) is 2.56. The number of rotatable bonds is 6. The Kier molecular flexibility index (Phi) is 6.04. The number of anilines is 1. The lowest BCUT2D eigenvalue weighted by Crippen LogP contribution is -2.31. The number of hydrogen-bond acceptors (Lipinski definition) is 6. The number of hydrogen-bond donors (Lipinski definition) is 0. The molecular weight excluding hydrogens is 382 g/mol. The molecule has 2 aromatic heterocycles. The van der Waals surface area contributed by atoms with Crippen molar-refractivity contribution in [2.24, 2.45) is 0 Å². The van der Waals surface area contributed by atoms with Crippen molar-refractivity contribution in [3.8, 4) is 11.4 Å². The molecule has 1 aromatic carbocycles. The van der Waals surface area contributed by atoms with Crippen LogP contribution < -0.4 is 9.64 Å². The normalized spacial score (nSPS) is 14.2. The van der Waals surface area contributed by atoms with E-state index in [0.717, 1.165) is 52.5 Å². The maximum absolute atomic E-state index is 5.56. The first-order valence-corrected chi connectivity index (χ1v) is 11.0. The van der Waals surface area contributed by atoms with Crippen molar-refractivity contribution in [2.75, 3.05) is 25.1 Å². The van der Waals surface area contributed by atoms with E-state index in [2.05, 4.69) is 55.8 Å². The second-order valence-electron chi connectivity index (χ2n) is 7.34. The fraction of sp³-hybridized carbons (Fsp3) is 0.409. The first-order chi connectivity index (χ1) is 14.2. The molecular formula is C22H27N5OS. The number of nitrogens with zero attached hydrogens (tertiary/aromatic N) is 5. The minimum absolute atomic E-state index is 0.716. The van der Waals surface area contributed by atoms with E-state index < -0.39 is 0 Å². The molecule has 1 aliphatic rings. The van der Waals surface area contributed by atoms with Crippen molar-refractivity contribution in [2.45, 2.75) is 44.0 Å². The van der Waals surface area contributed by atoms with Gasteiger partial charge in [-0.1, -0.05) is 30.0 Å². The molecule has 0 bridgehead atoms. The topological polar surface area (TPSA) is 56.1 Å². The lowest BCUT2D eigenvalue weighted by Gasteiger charge is -2.27. The van der Waals surface area contributed by atoms with E-state index in [1.54, 1.807) is 18.9 Å². The third kappa shape index (κ3) is 4.10. The third-order valence-electron chi connectivity index (χ3n) is 5.36. The van der Waals surface area contributed by atoms with Gasteiger partial charge in [-0.2, -0.15) is 0 Å². The van der Waals surface area contributed by atoms with Crippen LogP contribution in [0.1, 0.15) is 36.1 Å². The van der Waals surface area contributed by atoms with Crippen LogP contribution in [0.25, 0.3) is 5.69 Å². The van der Waals surface area contributed by atoms with Crippen LogP contribution in [0.2, 0.25) is 0 Å². The van der Waals surface area contributed by atoms with Gasteiger partial charge in [-0.25, -0.2) is 0 Å². The molecule has 7 heteroatoms. The summed E-state index contributed by atoms with van der Waals surface area (Å²) >= 11 is 1.66. The zero-order valence-corrected chi connectivity index (χ0v) is 18.1. The van der Waals surface area contributed by atoms with Gasteiger partial charge >= 0.3 is 0 Å². The van der Waals surface area contributed by atoms with Gasteiger partial charge in [0.15, 0.2) is 5.16 Å². The molecule has 1 fully saturated rings. The molecule has 0 saturated carbocycles. The standard InChI is InChI=1S/C22H27N5OS/c1-16-14-23-19(17(2)20(16)28-3)15-29-22-25-24-21(26-12-8-5-9-13-26)27(22)18-10-6-4-7-11-18/h4,6-7,10-11,14H,5,8-9,12-13,15H2,1-3H3. The average molecular weight is 410 g/mol. The highest BCUT2D eigenvalue weighted by Crippen LogP contribution is 2.32. The van der Waals surface area contributed by atoms with Crippen molar-refractivity contribution in [3.63, 3.8) is 0 Å². The number of benzene rings is 1. The Morgan fingerprint density at radius 2 is 1.79 bits per heavy atom. The number of methoxy groups -OCH3 is 1. The van der Waals surface area contributed by atoms with Crippen LogP contribution in [0.15, 0.2) is 41.7 Å². The highest BCUT2D eigenvalue weighted by molar-refractivity contribution is 7.98. The molecule has 0 unspecified atom stereocenters. The maximum Gasteiger partial charge on any atom is 0.232 e. The molecule has 0 amide bonds. The maximum atomic E-state index is 5.56. The van der Waals surface area contributed by atoms with Gasteiger partial charge in [0.1, 0.15) is 5.75 Å². The van der Waals surface area contributed by atoms with Gasteiger partial charge in [-0.05, 0) is 45.2 Å². The summed E-state index contributed by atoms with van der Waals surface area (Å²) in [6, 6.07) is 10.4. The predicted octanol–water partition coefficient (Wildman–Crippen LogP) is 4.57. The molecule has 3 heterocycles. The molecule has 0 radical (unpaired) electrons. The van der Waals surface area contributed by atoms with Crippen LogP contribution in [-0.4, -0.2) is 39.9 Å². The van der Waals surface area contributed by atoms with Gasteiger partial charge in [0.25, 0.3) is 0 Å². The highest BCUT2D eigenvalue weighted by Gasteiger charge is 2.22. The van der Waals surface area contributed by atoms with Gasteiger partial charge in [0.2, 0.25) is 5.95 Å². The van der Waals surface area contributed by atoms with Crippen LogP contribution in [-0.2, 0) is 5.75 Å². The molecule has 0 N–H and O–H groups in total. The van der Waals surface area contributed by atoms with Gasteiger partial charge in [-0.15, -0.1) is 10.2 Å². The van der Waals surface area contributed by atoms with Crippen LogP contribution in [0.5, 0.6) is 5.75 Å². The van der Waals surface area contributed by atoms with Crippen molar-refractivity contribution in [1.82, 2.24) is 19.7 Å². The summed E-state index contributed by atoms with van der Waals surface area (Å²) in [5.41, 5.74) is 4.24. The van der Waals surface area contributed by atoms with E-state index in [-0.39, 0.29) is 0 Å². The largest absolute Gasteiger partial charge is 0.496 e. The monoisotopic (exact) mass is 409 g/mol. The second kappa shape index (κ2) is 8.86. The Morgan fingerprint density at radius 1 is 1.03 bits per heavy atom. The van der Waals surface area contributed by atoms with E-state index >= 15 is 0 Å². The third-order valence-corrected chi connectivity index (χ3v) is 6.30. The second-order valence-corrected chi connectivity index (χ2v) is 8.28. The number of ether oxygens (including phenoxy) is 1. The van der Waals surface area contributed by atoms with Crippen LogP contribution in [0.3, 0.4) is 0 Å². The van der Waals surface area contributed by atoms with Gasteiger partial charge in [0.05, 0.1) is 18.5 Å². The molecule has 6 nitrogen and oxygen atoms in total. The van der Waals surface area contributed by atoms with Crippen LogP contribution in [0.4, 0.5) is 5.95 Å². The Labute approximate surface area is 176 Å². The van der Waals surface area contributed by atoms with Crippen molar-refractivity contribution in [3.05, 3.63) is 53.3 Å². The lowest BCUT2D eigenvalue weighted by molar-refractivity contribution is 0.407. The molecule has 0 aliphatic carbocycles. The van der Waals surface area contributed by atoms with Gasteiger partial charge < -0.3 is 9.64 Å². The number of pyridine rings is 1. The molecule has 0 atom stereocenters. The molecule has 4 rings (SSSR count). The fourth-order valence-electron chi connectivity index (χ4n) is 3.81. The van der Waals surface area contributed by atoms with E-state index in [4.69, 9.17) is 4.74 Å². The molecule has 1 aliphatic heterocycles. The predicted molar refractivity (Wildman–Crippen MR) is 117 cm³/mol. The Morgan fingerprint density at radius 3 is 2.52 bits per heavy atom. The van der Waals surface area contributed by atoms with E-state index in [9.17, 15) is 0 Å². The number of thioether (sulfide) groups is 1. The summed E-state index contributed by atoms with van der Waals surface area (Å²) in [7, 11) is 1.71. The lowest BCUT2D eigenvalue weighted by atomic mass is 10.1. The number of piperidine rings is 1. The average Bonchev–Trinajstić information content (AvgIpc) is 3.19. The number of para-hydroxylation sites is 1. The van der Waals surface area contributed by atoms with E-state index in [0.29, 0.717) is 5.75 Å². The Hall–Kier alpha value is -2.54. The molecule has 1 saturated heterocycles. The summed E-state index contributed by atoms with van der Waals surface area (Å²) in [6.07, 6.45) is 5.58. The fourth-order valence-corrected chi connectivity index (χ4v) is 4.78. The first kappa shape index (κ1) is 19.8. The van der Waals surface area contributed by atoms with E-state index in [1.807, 2.05) is 19.2 Å². The minimum atomic E-state index is 0.716. The SMILES string of the molecule is COc1c(C)cnc(CSc2nnc(N3CCCCC3)n2-c2ccccc2)c1C. The van der Waals surface area contributed by atoms with E-state index in [1.165, 1.54) is 19.3 Å². The summed E-state index contributed by atoms with van der Waals surface area (Å²) < 4.78 is 7.73. The summed E-state index contributed by atoms with van der Waals surface area (Å²) in [4.78, 5) is 6.98. The number of aromatic nitrogens is 4. The zero-order chi connectivity index (χ0) is 20.2. The molecule has 3 aromatic rings. The Balaban J connectivity index is 1.65. The summed E-state index contributed by atoms with van der Waals surface area (Å²) in [6.45, 7) is 6.15. The van der Waals surface area contributed by atoms with Crippen LogP contribution >= 0.6 is 11.8 Å². The summed E-state index contributed by atoms with van der Waals surface area (Å²) in [5, 5.41) is 10.0. The van der Waals surface area contributed by atoms with Crippen molar-refractivity contribution < 1.29 is 4.74 Å². The van der Waals surface area contributed by atoms with Crippen molar-refractivity contribution >= 4 is 17.7 Å². The first-order valence-electron chi connectivity index (χ1n) is 10.1. The zero-order valence-electron chi connectivity index (χ0n) is 17.3. The molecule has 0 spiro atoms. The van der Waals surface area contributed by atoms with Crippen molar-refractivity contribution in [1.29, 1.82) is 0 Å². The van der Waals surface area contributed by atoms with Crippen LogP contribution in [0, 0.1) is 13.8 Å². The highest BCUT2D eigenvalue weighted by atomic mass is 32.2. The van der Waals surface area contributed by atoms with Gasteiger partial charge in [-0.3, -0.25) is 9.55 Å². The molecule has 29 heavy (non-hydrogen) atoms. The number of aryl methyl sites for hydroxylation is 1. The van der Waals surface area contributed by atoms with Gasteiger partial charge in [0, 0.05) is 36.2 Å². The minimum Gasteiger partial charge on any atom is -0.496 e. The Bertz CT molecular complexity index is 967.